The van der Waals surface area contributed by atoms with Crippen LogP contribution in [0.4, 0.5) is 0 Å². The Hall–Kier alpha value is -0.780. The predicted molar refractivity (Wildman–Crippen MR) is 83.6 cm³/mol. The zero-order valence-corrected chi connectivity index (χ0v) is 13.7. The number of carboxylic acids is 1. The Balaban J connectivity index is 0.00000200. The maximum atomic E-state index is 10.9. The number of aliphatic carboxylic acids is 1. The number of ether oxygens (including phenoxy) is 1. The van der Waals surface area contributed by atoms with E-state index >= 15 is 0 Å². The molecule has 1 aromatic carbocycles. The van der Waals surface area contributed by atoms with Gasteiger partial charge in [-0.15, -0.1) is 12.4 Å². The van der Waals surface area contributed by atoms with Gasteiger partial charge in [-0.05, 0) is 38.0 Å². The van der Waals surface area contributed by atoms with Gasteiger partial charge in [0.15, 0.2) is 0 Å². The van der Waals surface area contributed by atoms with Gasteiger partial charge in [0, 0.05) is 22.6 Å². The molecule has 1 aromatic rings. The number of nitrogens with zero attached hydrogens (tertiary/aromatic N) is 1. The summed E-state index contributed by atoms with van der Waals surface area (Å²) in [4.78, 5) is 12.9. The Bertz CT molecular complexity index is 466. The second kappa shape index (κ2) is 7.86. The van der Waals surface area contributed by atoms with E-state index in [-0.39, 0.29) is 19.0 Å². The average Bonchev–Trinajstić information content (AvgIpc) is 3.15. The summed E-state index contributed by atoms with van der Waals surface area (Å²) >= 11 is 3.45. The van der Waals surface area contributed by atoms with Gasteiger partial charge in [-0.25, -0.2) is 0 Å². The van der Waals surface area contributed by atoms with Crippen molar-refractivity contribution in [3.05, 3.63) is 28.2 Å². The van der Waals surface area contributed by atoms with E-state index < -0.39 is 5.97 Å². The first-order valence-electron chi connectivity index (χ1n) is 6.47. The van der Waals surface area contributed by atoms with Gasteiger partial charge < -0.3 is 9.84 Å². The van der Waals surface area contributed by atoms with E-state index in [9.17, 15) is 4.79 Å². The molecule has 112 valence electrons. The summed E-state index contributed by atoms with van der Waals surface area (Å²) in [6.45, 7) is 3.26. The van der Waals surface area contributed by atoms with Crippen LogP contribution in [-0.2, 0) is 11.3 Å². The fourth-order valence-corrected chi connectivity index (χ4v) is 2.52. The monoisotopic (exact) mass is 363 g/mol. The minimum atomic E-state index is -0.778. The van der Waals surface area contributed by atoms with Gasteiger partial charge in [0.1, 0.15) is 5.75 Å². The highest BCUT2D eigenvalue weighted by Crippen LogP contribution is 2.31. The standard InChI is InChI=1S/C14H18BrNO3.ClH/c1-2-19-13-6-3-11(15)7-10(13)8-16(9-14(17)18)12-4-5-12;/h3,6-7,12H,2,4-5,8-9H2,1H3,(H,17,18);1H. The molecule has 6 heteroatoms. The minimum absolute atomic E-state index is 0. The molecule has 0 bridgehead atoms. The van der Waals surface area contributed by atoms with Crippen molar-refractivity contribution in [1.82, 2.24) is 4.90 Å². The van der Waals surface area contributed by atoms with E-state index in [4.69, 9.17) is 9.84 Å². The van der Waals surface area contributed by atoms with Gasteiger partial charge in [-0.3, -0.25) is 9.69 Å². The molecule has 1 aliphatic carbocycles. The van der Waals surface area contributed by atoms with Crippen LogP contribution < -0.4 is 4.74 Å². The predicted octanol–water partition coefficient (Wildman–Crippen LogP) is 3.32. The third-order valence-electron chi connectivity index (χ3n) is 3.10. The lowest BCUT2D eigenvalue weighted by molar-refractivity contribution is -0.138. The molecule has 0 spiro atoms. The summed E-state index contributed by atoms with van der Waals surface area (Å²) < 4.78 is 6.59. The largest absolute Gasteiger partial charge is 0.494 e. The third-order valence-corrected chi connectivity index (χ3v) is 3.59. The van der Waals surface area contributed by atoms with Crippen LogP contribution >= 0.6 is 28.3 Å². The van der Waals surface area contributed by atoms with Crippen molar-refractivity contribution in [1.29, 1.82) is 0 Å². The average molecular weight is 365 g/mol. The highest BCUT2D eigenvalue weighted by molar-refractivity contribution is 9.10. The minimum Gasteiger partial charge on any atom is -0.494 e. The van der Waals surface area contributed by atoms with Crippen molar-refractivity contribution in [3.63, 3.8) is 0 Å². The van der Waals surface area contributed by atoms with Crippen molar-refractivity contribution in [2.45, 2.75) is 32.4 Å². The Morgan fingerprint density at radius 3 is 2.75 bits per heavy atom. The molecule has 0 amide bonds. The molecule has 4 nitrogen and oxygen atoms in total. The second-order valence-corrected chi connectivity index (χ2v) is 5.63. The van der Waals surface area contributed by atoms with Crippen LogP contribution in [0.5, 0.6) is 5.75 Å². The molecule has 1 aliphatic rings. The summed E-state index contributed by atoms with van der Waals surface area (Å²) in [6.07, 6.45) is 2.18. The zero-order valence-electron chi connectivity index (χ0n) is 11.3. The van der Waals surface area contributed by atoms with Crippen LogP contribution in [0.25, 0.3) is 0 Å². The number of benzene rings is 1. The van der Waals surface area contributed by atoms with Crippen molar-refractivity contribution in [2.24, 2.45) is 0 Å². The fourth-order valence-electron chi connectivity index (χ4n) is 2.11. The molecule has 0 atom stereocenters. The van der Waals surface area contributed by atoms with E-state index in [1.54, 1.807) is 0 Å². The van der Waals surface area contributed by atoms with Gasteiger partial charge in [0.2, 0.25) is 0 Å². The third kappa shape index (κ3) is 4.96. The van der Waals surface area contributed by atoms with E-state index in [1.165, 1.54) is 0 Å². The molecule has 0 aliphatic heterocycles. The Labute approximate surface area is 133 Å². The SMILES string of the molecule is CCOc1ccc(Br)cc1CN(CC(=O)O)C1CC1.Cl. The topological polar surface area (TPSA) is 49.8 Å². The molecule has 1 saturated carbocycles. The molecule has 0 unspecified atom stereocenters. The molecule has 1 fully saturated rings. The van der Waals surface area contributed by atoms with Crippen molar-refractivity contribution in [2.75, 3.05) is 13.2 Å². The summed E-state index contributed by atoms with van der Waals surface area (Å²) in [7, 11) is 0. The van der Waals surface area contributed by atoms with Crippen LogP contribution in [0.3, 0.4) is 0 Å². The van der Waals surface area contributed by atoms with Crippen molar-refractivity contribution < 1.29 is 14.6 Å². The van der Waals surface area contributed by atoms with Crippen LogP contribution in [0.2, 0.25) is 0 Å². The lowest BCUT2D eigenvalue weighted by atomic mass is 10.2. The summed E-state index contributed by atoms with van der Waals surface area (Å²) in [5.41, 5.74) is 1.03. The van der Waals surface area contributed by atoms with E-state index in [1.807, 2.05) is 30.0 Å². The van der Waals surface area contributed by atoms with E-state index in [0.29, 0.717) is 19.2 Å². The molecular formula is C14H19BrClNO3. The molecular weight excluding hydrogens is 346 g/mol. The lowest BCUT2D eigenvalue weighted by Crippen LogP contribution is -2.31. The summed E-state index contributed by atoms with van der Waals surface area (Å²) in [5.74, 6) is 0.0570. The fraction of sp³-hybridized carbons (Fsp3) is 0.500. The first-order valence-corrected chi connectivity index (χ1v) is 7.26. The van der Waals surface area contributed by atoms with Crippen molar-refractivity contribution in [3.8, 4) is 5.75 Å². The van der Waals surface area contributed by atoms with Crippen LogP contribution in [-0.4, -0.2) is 35.2 Å². The van der Waals surface area contributed by atoms with Gasteiger partial charge in [-0.2, -0.15) is 0 Å². The smallest absolute Gasteiger partial charge is 0.317 e. The number of carbonyl (C=O) groups is 1. The Morgan fingerprint density at radius 2 is 2.20 bits per heavy atom. The second-order valence-electron chi connectivity index (χ2n) is 4.71. The van der Waals surface area contributed by atoms with Crippen LogP contribution in [0.1, 0.15) is 25.3 Å². The summed E-state index contributed by atoms with van der Waals surface area (Å²) in [5, 5.41) is 8.98. The number of hydrogen-bond acceptors (Lipinski definition) is 3. The maximum Gasteiger partial charge on any atom is 0.317 e. The number of halogens is 2. The Morgan fingerprint density at radius 1 is 1.50 bits per heavy atom. The van der Waals surface area contributed by atoms with E-state index in [0.717, 1.165) is 28.6 Å². The van der Waals surface area contributed by atoms with Gasteiger partial charge in [0.05, 0.1) is 13.2 Å². The zero-order chi connectivity index (χ0) is 13.8. The highest BCUT2D eigenvalue weighted by atomic mass is 79.9. The number of hydrogen-bond donors (Lipinski definition) is 1. The first-order chi connectivity index (χ1) is 9.10. The molecule has 0 aromatic heterocycles. The number of rotatable bonds is 7. The summed E-state index contributed by atoms with van der Waals surface area (Å²) in [6, 6.07) is 6.27. The molecule has 20 heavy (non-hydrogen) atoms. The molecule has 1 N–H and O–H groups in total. The molecule has 0 heterocycles. The molecule has 2 rings (SSSR count). The lowest BCUT2D eigenvalue weighted by Gasteiger charge is -2.21. The van der Waals surface area contributed by atoms with Crippen molar-refractivity contribution >= 4 is 34.3 Å². The quantitative estimate of drug-likeness (QED) is 0.806. The Kier molecular flexibility index (Phi) is 6.79. The number of carboxylic acid groups (broad SMARTS) is 1. The van der Waals surface area contributed by atoms with Crippen LogP contribution in [0, 0.1) is 0 Å². The van der Waals surface area contributed by atoms with E-state index in [2.05, 4.69) is 15.9 Å². The van der Waals surface area contributed by atoms with Gasteiger partial charge in [-0.1, -0.05) is 15.9 Å². The normalized spacial score (nSPS) is 13.9. The van der Waals surface area contributed by atoms with Crippen LogP contribution in [0.15, 0.2) is 22.7 Å². The van der Waals surface area contributed by atoms with Gasteiger partial charge >= 0.3 is 5.97 Å². The first kappa shape index (κ1) is 17.3. The highest BCUT2D eigenvalue weighted by Gasteiger charge is 2.30. The molecule has 0 radical (unpaired) electrons. The molecule has 0 saturated heterocycles. The maximum absolute atomic E-state index is 10.9. The van der Waals surface area contributed by atoms with Gasteiger partial charge in [0.25, 0.3) is 0 Å².